The topological polar surface area (TPSA) is 107 Å². The first-order valence-corrected chi connectivity index (χ1v) is 10.5. The van der Waals surface area contributed by atoms with Gasteiger partial charge in [-0.2, -0.15) is 0 Å². The van der Waals surface area contributed by atoms with Crippen molar-refractivity contribution in [2.75, 3.05) is 11.9 Å². The second-order valence-corrected chi connectivity index (χ2v) is 7.56. The number of rotatable bonds is 7. The molecular formula is C22H18N4O4S. The van der Waals surface area contributed by atoms with Crippen LogP contribution in [0.25, 0.3) is 21.3 Å². The summed E-state index contributed by atoms with van der Waals surface area (Å²) < 4.78 is 5.15. The summed E-state index contributed by atoms with van der Waals surface area (Å²) in [6.07, 6.45) is 2.23. The molecule has 0 aliphatic rings. The van der Waals surface area contributed by atoms with Gasteiger partial charge in [-0.3, -0.25) is 10.1 Å². The number of benzene rings is 2. The van der Waals surface area contributed by atoms with E-state index in [9.17, 15) is 14.9 Å². The van der Waals surface area contributed by atoms with Crippen molar-refractivity contribution in [1.82, 2.24) is 9.97 Å². The molecule has 0 fully saturated rings. The van der Waals surface area contributed by atoms with E-state index in [0.717, 1.165) is 27.9 Å². The molecule has 4 aromatic rings. The number of nitro benzene ring substituents is 1. The molecular weight excluding hydrogens is 416 g/mol. The van der Waals surface area contributed by atoms with Crippen LogP contribution in [0.2, 0.25) is 0 Å². The van der Waals surface area contributed by atoms with Crippen LogP contribution in [0.3, 0.4) is 0 Å². The van der Waals surface area contributed by atoms with Crippen molar-refractivity contribution >= 4 is 44.7 Å². The van der Waals surface area contributed by atoms with Crippen LogP contribution in [-0.4, -0.2) is 27.5 Å². The second kappa shape index (κ2) is 8.88. The van der Waals surface area contributed by atoms with E-state index < -0.39 is 4.92 Å². The molecule has 0 aliphatic carbocycles. The van der Waals surface area contributed by atoms with Crippen LogP contribution in [0, 0.1) is 10.1 Å². The molecule has 0 unspecified atom stereocenters. The van der Waals surface area contributed by atoms with Gasteiger partial charge in [-0.25, -0.2) is 14.8 Å². The minimum Gasteiger partial charge on any atom is -0.462 e. The molecule has 0 radical (unpaired) electrons. The molecule has 0 saturated heterocycles. The highest BCUT2D eigenvalue weighted by Gasteiger charge is 2.16. The summed E-state index contributed by atoms with van der Waals surface area (Å²) in [5.74, 6) is 0.220. The van der Waals surface area contributed by atoms with Gasteiger partial charge in [0.25, 0.3) is 5.69 Å². The number of fused-ring (bicyclic) bond motifs is 1. The summed E-state index contributed by atoms with van der Waals surface area (Å²) in [5, 5.41) is 17.1. The Hall–Kier alpha value is -3.85. The highest BCUT2D eigenvalue weighted by atomic mass is 32.1. The zero-order valence-corrected chi connectivity index (χ0v) is 17.4. The van der Waals surface area contributed by atoms with Gasteiger partial charge in [0.05, 0.1) is 22.5 Å². The fourth-order valence-corrected chi connectivity index (χ4v) is 3.99. The van der Waals surface area contributed by atoms with Crippen molar-refractivity contribution < 1.29 is 14.5 Å². The quantitative estimate of drug-likeness (QED) is 0.230. The third-order valence-electron chi connectivity index (χ3n) is 4.56. The van der Waals surface area contributed by atoms with Gasteiger partial charge in [-0.1, -0.05) is 19.1 Å². The summed E-state index contributed by atoms with van der Waals surface area (Å²) >= 11 is 1.44. The molecule has 2 aromatic carbocycles. The van der Waals surface area contributed by atoms with Gasteiger partial charge >= 0.3 is 5.97 Å². The number of nitrogens with one attached hydrogen (secondary N) is 1. The van der Waals surface area contributed by atoms with Crippen molar-refractivity contribution in [3.63, 3.8) is 0 Å². The first kappa shape index (κ1) is 20.4. The minimum atomic E-state index is -0.416. The van der Waals surface area contributed by atoms with E-state index >= 15 is 0 Å². The summed E-state index contributed by atoms with van der Waals surface area (Å²) in [5.41, 5.74) is 2.76. The van der Waals surface area contributed by atoms with Gasteiger partial charge in [0.15, 0.2) is 0 Å². The Labute approximate surface area is 181 Å². The number of carbonyl (C=O) groups is 1. The molecule has 8 nitrogen and oxygen atoms in total. The van der Waals surface area contributed by atoms with Gasteiger partial charge in [0, 0.05) is 28.8 Å². The molecule has 2 heterocycles. The normalized spacial score (nSPS) is 10.7. The summed E-state index contributed by atoms with van der Waals surface area (Å²) in [7, 11) is 0. The Balaban J connectivity index is 1.66. The number of hydrogen-bond donors (Lipinski definition) is 1. The molecule has 4 rings (SSSR count). The molecule has 31 heavy (non-hydrogen) atoms. The fourth-order valence-electron chi connectivity index (χ4n) is 3.07. The number of hydrogen-bond acceptors (Lipinski definition) is 8. The lowest BCUT2D eigenvalue weighted by Gasteiger charge is -2.09. The Morgan fingerprint density at radius 2 is 2.00 bits per heavy atom. The number of carbonyl (C=O) groups excluding carboxylic acids is 1. The summed E-state index contributed by atoms with van der Waals surface area (Å²) in [4.78, 5) is 32.2. The Morgan fingerprint density at radius 3 is 2.74 bits per heavy atom. The maximum atomic E-state index is 12.0. The highest BCUT2D eigenvalue weighted by Crippen LogP contribution is 2.38. The number of thiophene rings is 1. The molecule has 0 bridgehead atoms. The second-order valence-electron chi connectivity index (χ2n) is 6.70. The minimum absolute atomic E-state index is 0.0220. The van der Waals surface area contributed by atoms with Crippen molar-refractivity contribution in [1.29, 1.82) is 0 Å². The van der Waals surface area contributed by atoms with Gasteiger partial charge in [0.1, 0.15) is 17.0 Å². The number of nitrogens with zero attached hydrogens (tertiary/aromatic N) is 3. The SMILES string of the molecule is CCCOC(=O)c1ccc(Nc2ncnc3scc(-c4cccc([N+](=O)[O-])c4)c23)cc1. The molecule has 9 heteroatoms. The van der Waals surface area contributed by atoms with E-state index in [4.69, 9.17) is 4.74 Å². The van der Waals surface area contributed by atoms with Gasteiger partial charge in [0.2, 0.25) is 0 Å². The number of nitro groups is 1. The lowest BCUT2D eigenvalue weighted by atomic mass is 10.1. The smallest absolute Gasteiger partial charge is 0.338 e. The molecule has 0 aliphatic heterocycles. The third kappa shape index (κ3) is 4.36. The highest BCUT2D eigenvalue weighted by molar-refractivity contribution is 7.17. The maximum Gasteiger partial charge on any atom is 0.338 e. The first-order chi connectivity index (χ1) is 15.1. The largest absolute Gasteiger partial charge is 0.462 e. The predicted octanol–water partition coefficient (Wildman–Crippen LogP) is 5.58. The molecule has 0 spiro atoms. The monoisotopic (exact) mass is 434 g/mol. The van der Waals surface area contributed by atoms with Gasteiger partial charge in [-0.05, 0) is 36.2 Å². The summed E-state index contributed by atoms with van der Waals surface area (Å²) in [6.45, 7) is 2.32. The maximum absolute atomic E-state index is 12.0. The Kier molecular flexibility index (Phi) is 5.85. The number of non-ortho nitro benzene ring substituents is 1. The number of anilines is 2. The average Bonchev–Trinajstić information content (AvgIpc) is 3.23. The van der Waals surface area contributed by atoms with E-state index in [0.29, 0.717) is 23.6 Å². The fraction of sp³-hybridized carbons (Fsp3) is 0.136. The first-order valence-electron chi connectivity index (χ1n) is 9.58. The number of esters is 1. The predicted molar refractivity (Wildman–Crippen MR) is 120 cm³/mol. The lowest BCUT2D eigenvalue weighted by Crippen LogP contribution is -2.05. The van der Waals surface area contributed by atoms with Crippen LogP contribution in [0.15, 0.2) is 60.2 Å². The van der Waals surface area contributed by atoms with Crippen LogP contribution in [-0.2, 0) is 4.74 Å². The molecule has 0 amide bonds. The van der Waals surface area contributed by atoms with Gasteiger partial charge < -0.3 is 10.1 Å². The van der Waals surface area contributed by atoms with Crippen LogP contribution >= 0.6 is 11.3 Å². The van der Waals surface area contributed by atoms with Crippen molar-refractivity contribution in [3.8, 4) is 11.1 Å². The van der Waals surface area contributed by atoms with Crippen molar-refractivity contribution in [3.05, 3.63) is 75.9 Å². The van der Waals surface area contributed by atoms with Crippen LogP contribution in [0.1, 0.15) is 23.7 Å². The zero-order chi connectivity index (χ0) is 21.8. The van der Waals surface area contributed by atoms with Crippen LogP contribution in [0.4, 0.5) is 17.2 Å². The van der Waals surface area contributed by atoms with Crippen molar-refractivity contribution in [2.45, 2.75) is 13.3 Å². The van der Waals surface area contributed by atoms with Crippen LogP contribution < -0.4 is 5.32 Å². The number of aromatic nitrogens is 2. The van der Waals surface area contributed by atoms with Gasteiger partial charge in [-0.15, -0.1) is 11.3 Å². The van der Waals surface area contributed by atoms with E-state index in [1.807, 2.05) is 18.4 Å². The van der Waals surface area contributed by atoms with Crippen molar-refractivity contribution in [2.24, 2.45) is 0 Å². The van der Waals surface area contributed by atoms with E-state index in [1.54, 1.807) is 30.3 Å². The molecule has 0 saturated carbocycles. The standard InChI is InChI=1S/C22H18N4O4S/c1-2-10-30-22(27)14-6-8-16(9-7-14)25-20-19-18(12-31-21(19)24-13-23-20)15-4-3-5-17(11-15)26(28)29/h3-9,11-13H,2,10H2,1H3,(H,23,24,25). The van der Waals surface area contributed by atoms with Crippen LogP contribution in [0.5, 0.6) is 0 Å². The molecule has 156 valence electrons. The molecule has 2 aromatic heterocycles. The van der Waals surface area contributed by atoms with E-state index in [-0.39, 0.29) is 11.7 Å². The zero-order valence-electron chi connectivity index (χ0n) is 16.6. The Morgan fingerprint density at radius 1 is 1.19 bits per heavy atom. The summed E-state index contributed by atoms with van der Waals surface area (Å²) in [6, 6.07) is 13.4. The van der Waals surface area contributed by atoms with E-state index in [2.05, 4.69) is 15.3 Å². The molecule has 1 N–H and O–H groups in total. The Bertz CT molecular complexity index is 1250. The molecule has 0 atom stereocenters. The lowest BCUT2D eigenvalue weighted by molar-refractivity contribution is -0.384. The third-order valence-corrected chi connectivity index (χ3v) is 5.45. The number of ether oxygens (including phenoxy) is 1. The average molecular weight is 434 g/mol. The van der Waals surface area contributed by atoms with E-state index in [1.165, 1.54) is 29.8 Å².